The predicted octanol–water partition coefficient (Wildman–Crippen LogP) is 8.45. The molecule has 0 amide bonds. The largest absolute Gasteiger partial charge is 0.573 e. The topological polar surface area (TPSA) is 58.7 Å². The molecule has 0 aromatic heterocycles. The maximum Gasteiger partial charge on any atom is 0.573 e. The molecule has 0 saturated carbocycles. The number of ether oxygens (including phenoxy) is 6. The summed E-state index contributed by atoms with van der Waals surface area (Å²) in [5.41, 5.74) is 6.46. The quantitative estimate of drug-likeness (QED) is 0.0982. The lowest BCUT2D eigenvalue weighted by Crippen LogP contribution is -2.17. The summed E-state index contributed by atoms with van der Waals surface area (Å²) in [5, 5.41) is 0. The van der Waals surface area contributed by atoms with Crippen molar-refractivity contribution < 1.29 is 41.6 Å². The second kappa shape index (κ2) is 13.8. The van der Waals surface area contributed by atoms with E-state index in [9.17, 15) is 13.2 Å². The minimum absolute atomic E-state index is 0.149. The second-order valence-electron chi connectivity index (χ2n) is 11.2. The number of rotatable bonds is 15. The number of halogens is 3. The van der Waals surface area contributed by atoms with Gasteiger partial charge in [0.05, 0.1) is 19.8 Å². The molecule has 9 heteroatoms. The van der Waals surface area contributed by atoms with Crippen molar-refractivity contribution in [3.63, 3.8) is 0 Å². The lowest BCUT2D eigenvalue weighted by molar-refractivity contribution is -0.274. The molecular formula is C36H35F3O6. The number of alkyl halides is 3. The average molecular weight is 621 g/mol. The van der Waals surface area contributed by atoms with Crippen LogP contribution in [-0.4, -0.2) is 38.9 Å². The highest BCUT2D eigenvalue weighted by atomic mass is 19.4. The molecule has 2 aliphatic rings. The molecule has 45 heavy (non-hydrogen) atoms. The lowest BCUT2D eigenvalue weighted by atomic mass is 9.99. The number of unbranched alkanes of at least 4 members (excludes halogenated alkanes) is 1. The third-order valence-corrected chi connectivity index (χ3v) is 7.82. The maximum absolute atomic E-state index is 12.4. The summed E-state index contributed by atoms with van der Waals surface area (Å²) in [6.07, 6.45) is -2.51. The normalized spacial score (nSPS) is 16.5. The van der Waals surface area contributed by atoms with Gasteiger partial charge in [-0.15, -0.1) is 13.2 Å². The van der Waals surface area contributed by atoms with Crippen molar-refractivity contribution in [3.05, 3.63) is 107 Å². The molecule has 1 saturated heterocycles. The molecule has 0 N–H and O–H groups in total. The summed E-state index contributed by atoms with van der Waals surface area (Å²) in [5.74, 6) is 2.23. The van der Waals surface area contributed by atoms with Crippen LogP contribution in [0, 0.1) is 0 Å². The minimum Gasteiger partial charge on any atom is -0.494 e. The molecule has 0 bridgehead atoms. The Hall–Kier alpha value is -4.21. The number of epoxide rings is 1. The molecule has 1 aliphatic heterocycles. The molecule has 0 spiro atoms. The van der Waals surface area contributed by atoms with Crippen LogP contribution in [0.15, 0.2) is 84.9 Å². The highest BCUT2D eigenvalue weighted by Gasteiger charge is 2.31. The molecule has 6 rings (SSSR count). The van der Waals surface area contributed by atoms with Gasteiger partial charge in [0.1, 0.15) is 42.3 Å². The van der Waals surface area contributed by atoms with E-state index < -0.39 is 6.36 Å². The predicted molar refractivity (Wildman–Crippen MR) is 163 cm³/mol. The molecule has 4 aromatic carbocycles. The molecule has 236 valence electrons. The summed E-state index contributed by atoms with van der Waals surface area (Å²) >= 11 is 0. The van der Waals surface area contributed by atoms with Gasteiger partial charge in [0.2, 0.25) is 0 Å². The van der Waals surface area contributed by atoms with Crippen molar-refractivity contribution >= 4 is 0 Å². The Bertz CT molecular complexity index is 1570. The monoisotopic (exact) mass is 620 g/mol. The molecule has 0 radical (unpaired) electrons. The van der Waals surface area contributed by atoms with Gasteiger partial charge in [0, 0.05) is 12.5 Å². The van der Waals surface area contributed by atoms with Crippen LogP contribution in [0.5, 0.6) is 23.0 Å². The Kier molecular flexibility index (Phi) is 9.47. The molecule has 1 fully saturated rings. The number of hydrogen-bond donors (Lipinski definition) is 0. The number of fused-ring (bicyclic) bond motifs is 3. The molecule has 4 aromatic rings. The molecule has 6 nitrogen and oxygen atoms in total. The first-order valence-electron chi connectivity index (χ1n) is 15.1. The van der Waals surface area contributed by atoms with Crippen molar-refractivity contribution in [1.29, 1.82) is 0 Å². The van der Waals surface area contributed by atoms with Crippen molar-refractivity contribution in [2.75, 3.05) is 26.4 Å². The zero-order valence-corrected chi connectivity index (χ0v) is 25.0. The maximum atomic E-state index is 12.4. The Morgan fingerprint density at radius 2 is 1.18 bits per heavy atom. The molecule has 1 heterocycles. The van der Waals surface area contributed by atoms with Gasteiger partial charge in [-0.25, -0.2) is 0 Å². The van der Waals surface area contributed by atoms with Crippen LogP contribution in [0.2, 0.25) is 0 Å². The van der Waals surface area contributed by atoms with Crippen LogP contribution in [0.1, 0.15) is 47.9 Å². The van der Waals surface area contributed by atoms with E-state index in [1.807, 2.05) is 42.5 Å². The fourth-order valence-corrected chi connectivity index (χ4v) is 5.31. The van der Waals surface area contributed by atoms with Crippen molar-refractivity contribution in [2.24, 2.45) is 0 Å². The zero-order chi connectivity index (χ0) is 31.2. The Morgan fingerprint density at radius 1 is 0.667 bits per heavy atom. The van der Waals surface area contributed by atoms with Gasteiger partial charge in [0.15, 0.2) is 0 Å². The smallest absolute Gasteiger partial charge is 0.494 e. The highest BCUT2D eigenvalue weighted by molar-refractivity contribution is 5.80. The van der Waals surface area contributed by atoms with Crippen molar-refractivity contribution in [3.8, 4) is 34.1 Å². The van der Waals surface area contributed by atoms with E-state index in [1.165, 1.54) is 23.3 Å². The highest BCUT2D eigenvalue weighted by Crippen LogP contribution is 2.47. The van der Waals surface area contributed by atoms with Crippen LogP contribution < -0.4 is 18.9 Å². The standard InChI is InChI=1S/C36H35F3O6/c1-24-34-18-29(42-20-25-4-8-27(9-5-25)41-17-3-2-16-40-22-31-23-44-31)12-14-32(34)33-15-13-30(19-35(24)33)43-21-26-6-10-28(11-7-26)45-36(37,38)39/h4-15,18-19,24,31H,2-3,16-17,20-23H2,1H3. The third-order valence-electron chi connectivity index (χ3n) is 7.82. The summed E-state index contributed by atoms with van der Waals surface area (Å²) < 4.78 is 69.8. The van der Waals surface area contributed by atoms with Crippen LogP contribution in [0.25, 0.3) is 11.1 Å². The van der Waals surface area contributed by atoms with Crippen LogP contribution in [-0.2, 0) is 22.7 Å². The van der Waals surface area contributed by atoms with Gasteiger partial charge in [-0.1, -0.05) is 43.3 Å². The van der Waals surface area contributed by atoms with Gasteiger partial charge < -0.3 is 28.4 Å². The lowest BCUT2D eigenvalue weighted by Gasteiger charge is -2.12. The minimum atomic E-state index is -4.71. The fourth-order valence-electron chi connectivity index (χ4n) is 5.31. The SMILES string of the molecule is CC1c2cc(OCc3ccc(OCCCCOCC4CO4)cc3)ccc2-c2ccc(OCc3ccc(OC(F)(F)F)cc3)cc21. The molecule has 2 unspecified atom stereocenters. The first-order chi connectivity index (χ1) is 21.8. The van der Waals surface area contributed by atoms with Gasteiger partial charge in [-0.05, 0) is 94.8 Å². The first-order valence-corrected chi connectivity index (χ1v) is 15.1. The molecule has 2 atom stereocenters. The first kappa shape index (κ1) is 30.8. The van der Waals surface area contributed by atoms with E-state index in [4.69, 9.17) is 23.7 Å². The Labute approximate surface area is 260 Å². The van der Waals surface area contributed by atoms with Crippen molar-refractivity contribution in [2.45, 2.75) is 51.4 Å². The zero-order valence-electron chi connectivity index (χ0n) is 25.0. The van der Waals surface area contributed by atoms with Crippen LogP contribution in [0.4, 0.5) is 13.2 Å². The Balaban J connectivity index is 0.974. The molecular weight excluding hydrogens is 585 g/mol. The van der Waals surface area contributed by atoms with E-state index in [1.54, 1.807) is 12.1 Å². The van der Waals surface area contributed by atoms with Gasteiger partial charge in [-0.2, -0.15) is 0 Å². The van der Waals surface area contributed by atoms with E-state index in [-0.39, 0.29) is 18.3 Å². The van der Waals surface area contributed by atoms with Crippen LogP contribution >= 0.6 is 0 Å². The van der Waals surface area contributed by atoms with Crippen molar-refractivity contribution in [1.82, 2.24) is 0 Å². The third kappa shape index (κ3) is 8.49. The second-order valence-corrected chi connectivity index (χ2v) is 11.2. The van der Waals surface area contributed by atoms with E-state index >= 15 is 0 Å². The Morgan fingerprint density at radius 3 is 1.71 bits per heavy atom. The van der Waals surface area contributed by atoms with E-state index in [0.717, 1.165) is 59.8 Å². The van der Waals surface area contributed by atoms with E-state index in [0.29, 0.717) is 31.7 Å². The molecule has 1 aliphatic carbocycles. The van der Waals surface area contributed by atoms with Gasteiger partial charge in [0.25, 0.3) is 0 Å². The average Bonchev–Trinajstić information content (AvgIpc) is 3.82. The van der Waals surface area contributed by atoms with Crippen LogP contribution in [0.3, 0.4) is 0 Å². The number of benzene rings is 4. The number of hydrogen-bond acceptors (Lipinski definition) is 6. The summed E-state index contributed by atoms with van der Waals surface area (Å²) in [7, 11) is 0. The van der Waals surface area contributed by atoms with Gasteiger partial charge >= 0.3 is 6.36 Å². The van der Waals surface area contributed by atoms with Gasteiger partial charge in [-0.3, -0.25) is 0 Å². The summed E-state index contributed by atoms with van der Waals surface area (Å²) in [6.45, 7) is 5.73. The van der Waals surface area contributed by atoms with E-state index in [2.05, 4.69) is 29.9 Å². The fraction of sp³-hybridized carbons (Fsp3) is 0.333. The summed E-state index contributed by atoms with van der Waals surface area (Å²) in [6, 6.07) is 25.9. The summed E-state index contributed by atoms with van der Waals surface area (Å²) in [4.78, 5) is 0.